The molecule has 0 radical (unpaired) electrons. The van der Waals surface area contributed by atoms with Gasteiger partial charge in [-0.3, -0.25) is 4.90 Å². The van der Waals surface area contributed by atoms with Crippen LogP contribution in [0.4, 0.5) is 0 Å². The fourth-order valence-corrected chi connectivity index (χ4v) is 3.67. The summed E-state index contributed by atoms with van der Waals surface area (Å²) in [6.45, 7) is 6.46. The van der Waals surface area contributed by atoms with E-state index in [0.29, 0.717) is 12.0 Å². The van der Waals surface area contributed by atoms with Crippen LogP contribution in [0.15, 0.2) is 5.38 Å². The van der Waals surface area contributed by atoms with Crippen molar-refractivity contribution in [3.05, 3.63) is 16.1 Å². The molecule has 1 aromatic heterocycles. The summed E-state index contributed by atoms with van der Waals surface area (Å²) in [5.41, 5.74) is 7.33. The monoisotopic (exact) mass is 281 g/mol. The van der Waals surface area contributed by atoms with Crippen molar-refractivity contribution < 1.29 is 0 Å². The fraction of sp³-hybridized carbons (Fsp3) is 0.800. The molecule has 1 aromatic rings. The molecule has 0 saturated heterocycles. The second-order valence-corrected chi connectivity index (χ2v) is 7.52. The Balaban J connectivity index is 1.85. The van der Waals surface area contributed by atoms with E-state index >= 15 is 0 Å². The quantitative estimate of drug-likeness (QED) is 0.902. The minimum absolute atomic E-state index is 0.548. The average molecular weight is 281 g/mol. The van der Waals surface area contributed by atoms with Gasteiger partial charge in [0, 0.05) is 24.4 Å². The zero-order valence-electron chi connectivity index (χ0n) is 12.5. The van der Waals surface area contributed by atoms with Gasteiger partial charge in [0.25, 0.3) is 0 Å². The summed E-state index contributed by atoms with van der Waals surface area (Å²) < 4.78 is 0. The molecule has 108 valence electrons. The van der Waals surface area contributed by atoms with Crippen molar-refractivity contribution in [1.29, 1.82) is 0 Å². The van der Waals surface area contributed by atoms with Gasteiger partial charge < -0.3 is 5.73 Å². The summed E-state index contributed by atoms with van der Waals surface area (Å²) in [7, 11) is 2.24. The van der Waals surface area contributed by atoms with Crippen LogP contribution in [0.25, 0.3) is 0 Å². The Kier molecular flexibility index (Phi) is 4.98. The van der Waals surface area contributed by atoms with E-state index in [0.717, 1.165) is 19.0 Å². The first-order chi connectivity index (χ1) is 9.00. The summed E-state index contributed by atoms with van der Waals surface area (Å²) in [6.07, 6.45) is 6.24. The van der Waals surface area contributed by atoms with Crippen LogP contribution in [0, 0.1) is 5.41 Å². The van der Waals surface area contributed by atoms with Gasteiger partial charge in [0.1, 0.15) is 0 Å². The van der Waals surface area contributed by atoms with E-state index in [9.17, 15) is 0 Å². The van der Waals surface area contributed by atoms with Gasteiger partial charge in [-0.2, -0.15) is 0 Å². The number of nitrogens with two attached hydrogens (primary N) is 1. The van der Waals surface area contributed by atoms with Crippen molar-refractivity contribution in [3.8, 4) is 0 Å². The van der Waals surface area contributed by atoms with Crippen molar-refractivity contribution in [2.24, 2.45) is 11.1 Å². The molecule has 0 aromatic carbocycles. The summed E-state index contributed by atoms with van der Waals surface area (Å²) in [5, 5.41) is 3.37. The van der Waals surface area contributed by atoms with Gasteiger partial charge in [0.05, 0.1) is 10.7 Å². The van der Waals surface area contributed by atoms with E-state index in [-0.39, 0.29) is 0 Å². The average Bonchev–Trinajstić information content (AvgIpc) is 2.77. The molecule has 2 rings (SSSR count). The Morgan fingerprint density at radius 3 is 2.74 bits per heavy atom. The first-order valence-corrected chi connectivity index (χ1v) is 8.22. The number of hydrogen-bond acceptors (Lipinski definition) is 4. The zero-order chi connectivity index (χ0) is 13.9. The standard InChI is InChI=1S/C15H27N3S/c1-15(2)7-4-13(5-8-15)18(3)10-12-11-19-14(17-12)6-9-16/h11,13H,4-10,16H2,1-3H3. The molecule has 0 atom stereocenters. The van der Waals surface area contributed by atoms with Crippen LogP contribution in [0.1, 0.15) is 50.2 Å². The molecule has 0 amide bonds. The number of nitrogens with zero attached hydrogens (tertiary/aromatic N) is 2. The van der Waals surface area contributed by atoms with Gasteiger partial charge >= 0.3 is 0 Å². The van der Waals surface area contributed by atoms with E-state index in [4.69, 9.17) is 5.73 Å². The molecular formula is C15H27N3S. The molecule has 2 N–H and O–H groups in total. The fourth-order valence-electron chi connectivity index (χ4n) is 2.87. The lowest BCUT2D eigenvalue weighted by molar-refractivity contribution is 0.122. The largest absolute Gasteiger partial charge is 0.330 e. The maximum absolute atomic E-state index is 5.57. The summed E-state index contributed by atoms with van der Waals surface area (Å²) >= 11 is 1.74. The van der Waals surface area contributed by atoms with Crippen LogP contribution in [0.5, 0.6) is 0 Å². The molecule has 3 nitrogen and oxygen atoms in total. The molecule has 0 aliphatic heterocycles. The first-order valence-electron chi connectivity index (χ1n) is 7.34. The number of rotatable bonds is 5. The number of thiazole rings is 1. The highest BCUT2D eigenvalue weighted by molar-refractivity contribution is 7.09. The van der Waals surface area contributed by atoms with Crippen molar-refractivity contribution in [1.82, 2.24) is 9.88 Å². The van der Waals surface area contributed by atoms with Gasteiger partial charge in [-0.1, -0.05) is 13.8 Å². The molecule has 1 aliphatic carbocycles. The van der Waals surface area contributed by atoms with Crippen molar-refractivity contribution in [3.63, 3.8) is 0 Å². The second kappa shape index (κ2) is 6.33. The van der Waals surface area contributed by atoms with Crippen LogP contribution in [-0.2, 0) is 13.0 Å². The normalized spacial score (nSPS) is 20.1. The highest BCUT2D eigenvalue weighted by atomic mass is 32.1. The molecule has 0 bridgehead atoms. The smallest absolute Gasteiger partial charge is 0.0941 e. The lowest BCUT2D eigenvalue weighted by Gasteiger charge is -2.38. The summed E-state index contributed by atoms with van der Waals surface area (Å²) in [4.78, 5) is 7.14. The Labute approximate surface area is 121 Å². The molecule has 1 saturated carbocycles. The minimum Gasteiger partial charge on any atom is -0.330 e. The molecule has 19 heavy (non-hydrogen) atoms. The minimum atomic E-state index is 0.548. The van der Waals surface area contributed by atoms with Crippen LogP contribution in [-0.4, -0.2) is 29.5 Å². The SMILES string of the molecule is CN(Cc1csc(CCN)n1)C1CCC(C)(C)CC1. The van der Waals surface area contributed by atoms with Gasteiger partial charge in [0.2, 0.25) is 0 Å². The molecule has 0 unspecified atom stereocenters. The molecule has 1 aliphatic rings. The summed E-state index contributed by atoms with van der Waals surface area (Å²) in [6, 6.07) is 0.729. The maximum Gasteiger partial charge on any atom is 0.0941 e. The van der Waals surface area contributed by atoms with Gasteiger partial charge in [-0.15, -0.1) is 11.3 Å². The first kappa shape index (κ1) is 14.9. The van der Waals surface area contributed by atoms with E-state index < -0.39 is 0 Å². The third-order valence-electron chi connectivity index (χ3n) is 4.30. The van der Waals surface area contributed by atoms with E-state index in [1.807, 2.05) is 0 Å². The van der Waals surface area contributed by atoms with E-state index in [1.54, 1.807) is 11.3 Å². The van der Waals surface area contributed by atoms with Gasteiger partial charge in [-0.25, -0.2) is 4.98 Å². The van der Waals surface area contributed by atoms with Crippen LogP contribution >= 0.6 is 11.3 Å². The molecule has 1 fully saturated rings. The topological polar surface area (TPSA) is 42.1 Å². The van der Waals surface area contributed by atoms with Crippen molar-refractivity contribution >= 4 is 11.3 Å². The Hall–Kier alpha value is -0.450. The zero-order valence-corrected chi connectivity index (χ0v) is 13.3. The number of hydrogen-bond donors (Lipinski definition) is 1. The van der Waals surface area contributed by atoms with Crippen LogP contribution in [0.3, 0.4) is 0 Å². The molecular weight excluding hydrogens is 254 g/mol. The third-order valence-corrected chi connectivity index (χ3v) is 5.26. The van der Waals surface area contributed by atoms with Crippen molar-refractivity contribution in [2.45, 2.75) is 58.5 Å². The Bertz CT molecular complexity index is 390. The number of aromatic nitrogens is 1. The highest BCUT2D eigenvalue weighted by Crippen LogP contribution is 2.36. The van der Waals surface area contributed by atoms with E-state index in [2.05, 4.69) is 36.2 Å². The Morgan fingerprint density at radius 1 is 1.42 bits per heavy atom. The third kappa shape index (κ3) is 4.26. The highest BCUT2D eigenvalue weighted by Gasteiger charge is 2.28. The van der Waals surface area contributed by atoms with E-state index in [1.165, 1.54) is 36.4 Å². The predicted molar refractivity (Wildman–Crippen MR) is 82.4 cm³/mol. The molecule has 0 spiro atoms. The maximum atomic E-state index is 5.57. The second-order valence-electron chi connectivity index (χ2n) is 6.58. The van der Waals surface area contributed by atoms with Gasteiger partial charge in [-0.05, 0) is 44.7 Å². The lowest BCUT2D eigenvalue weighted by Crippen LogP contribution is -2.36. The molecule has 1 heterocycles. The molecule has 4 heteroatoms. The summed E-state index contributed by atoms with van der Waals surface area (Å²) in [5.74, 6) is 0. The van der Waals surface area contributed by atoms with Crippen molar-refractivity contribution in [2.75, 3.05) is 13.6 Å². The van der Waals surface area contributed by atoms with Gasteiger partial charge in [0.15, 0.2) is 0 Å². The predicted octanol–water partition coefficient (Wildman–Crippen LogP) is 3.04. The van der Waals surface area contributed by atoms with Crippen LogP contribution < -0.4 is 5.73 Å². The Morgan fingerprint density at radius 2 is 2.11 bits per heavy atom. The lowest BCUT2D eigenvalue weighted by atomic mass is 9.75. The van der Waals surface area contributed by atoms with Crippen LogP contribution in [0.2, 0.25) is 0 Å².